The fourth-order valence-electron chi connectivity index (χ4n) is 1.22. The Morgan fingerprint density at radius 1 is 1.59 bits per heavy atom. The molecule has 0 spiro atoms. The lowest BCUT2D eigenvalue weighted by Gasteiger charge is -2.30. The number of nitrogens with zero attached hydrogens (tertiary/aromatic N) is 2. The Hall–Kier alpha value is -1.52. The second kappa shape index (κ2) is 6.93. The van der Waals surface area contributed by atoms with Crippen LogP contribution < -0.4 is 0 Å². The predicted molar refractivity (Wildman–Crippen MR) is 67.5 cm³/mol. The molecule has 98 valence electrons. The van der Waals surface area contributed by atoms with Crippen LogP contribution in [0.15, 0.2) is 17.8 Å². The van der Waals surface area contributed by atoms with E-state index in [2.05, 4.69) is 11.7 Å². The maximum absolute atomic E-state index is 11.9. The summed E-state index contributed by atoms with van der Waals surface area (Å²) in [6, 6.07) is -0.112. The molecule has 0 radical (unpaired) electrons. The van der Waals surface area contributed by atoms with Crippen molar-refractivity contribution in [3.63, 3.8) is 0 Å². The third kappa shape index (κ3) is 6.60. The van der Waals surface area contributed by atoms with Crippen molar-refractivity contribution >= 4 is 12.3 Å². The lowest BCUT2D eigenvalue weighted by atomic mass is 10.2. The van der Waals surface area contributed by atoms with Gasteiger partial charge in [0.15, 0.2) is 0 Å². The summed E-state index contributed by atoms with van der Waals surface area (Å²) in [6.07, 6.45) is 3.06. The number of amides is 1. The van der Waals surface area contributed by atoms with E-state index in [0.717, 1.165) is 0 Å². The smallest absolute Gasteiger partial charge is 0.410 e. The molecule has 1 N–H and O–H groups in total. The van der Waals surface area contributed by atoms with Crippen molar-refractivity contribution in [2.75, 3.05) is 6.54 Å². The Morgan fingerprint density at radius 2 is 2.18 bits per heavy atom. The van der Waals surface area contributed by atoms with E-state index >= 15 is 0 Å². The largest absolute Gasteiger partial charge is 0.444 e. The summed E-state index contributed by atoms with van der Waals surface area (Å²) in [5.74, 6) is 0. The second-order valence-corrected chi connectivity index (χ2v) is 4.80. The van der Waals surface area contributed by atoms with Crippen LogP contribution in [0.25, 0.3) is 0 Å². The fraction of sp³-hybridized carbons (Fsp3) is 0.667. The maximum atomic E-state index is 11.9. The number of carbonyl (C=O) groups is 1. The number of carbonyl (C=O) groups excluding carboxylic acids is 1. The van der Waals surface area contributed by atoms with Crippen molar-refractivity contribution < 1.29 is 14.7 Å². The van der Waals surface area contributed by atoms with Gasteiger partial charge in [-0.1, -0.05) is 6.08 Å². The van der Waals surface area contributed by atoms with Crippen molar-refractivity contribution in [2.24, 2.45) is 5.16 Å². The van der Waals surface area contributed by atoms with Gasteiger partial charge in [0, 0.05) is 25.2 Å². The molecule has 0 rings (SSSR count). The monoisotopic (exact) mass is 242 g/mol. The number of oxime groups is 1. The quantitative estimate of drug-likeness (QED) is 0.349. The van der Waals surface area contributed by atoms with Crippen molar-refractivity contribution in [1.82, 2.24) is 4.90 Å². The minimum Gasteiger partial charge on any atom is -0.444 e. The summed E-state index contributed by atoms with van der Waals surface area (Å²) in [7, 11) is 0. The highest BCUT2D eigenvalue weighted by atomic mass is 16.6. The zero-order chi connectivity index (χ0) is 13.5. The lowest BCUT2D eigenvalue weighted by molar-refractivity contribution is 0.0208. The first-order chi connectivity index (χ1) is 7.81. The van der Waals surface area contributed by atoms with Crippen LogP contribution in [0, 0.1) is 0 Å². The Balaban J connectivity index is 4.60. The fourth-order valence-corrected chi connectivity index (χ4v) is 1.22. The third-order valence-electron chi connectivity index (χ3n) is 2.01. The minimum absolute atomic E-state index is 0.112. The molecular weight excluding hydrogens is 220 g/mol. The Labute approximate surface area is 103 Å². The number of hydrogen-bond donors (Lipinski definition) is 1. The molecule has 0 aromatic rings. The van der Waals surface area contributed by atoms with E-state index in [1.54, 1.807) is 11.0 Å². The first-order valence-corrected chi connectivity index (χ1v) is 5.58. The number of rotatable bonds is 5. The summed E-state index contributed by atoms with van der Waals surface area (Å²) in [6.45, 7) is 11.3. The molecular formula is C12H22N2O3. The molecule has 0 aromatic heterocycles. The number of hydrogen-bond acceptors (Lipinski definition) is 4. The molecule has 1 amide bonds. The highest BCUT2D eigenvalue weighted by Crippen LogP contribution is 2.13. The summed E-state index contributed by atoms with van der Waals surface area (Å²) in [5, 5.41) is 11.3. The maximum Gasteiger partial charge on any atom is 0.410 e. The van der Waals surface area contributed by atoms with Gasteiger partial charge in [0.1, 0.15) is 5.60 Å². The van der Waals surface area contributed by atoms with Gasteiger partial charge in [-0.25, -0.2) is 4.79 Å². The van der Waals surface area contributed by atoms with Crippen LogP contribution in [0.4, 0.5) is 4.79 Å². The van der Waals surface area contributed by atoms with Gasteiger partial charge in [-0.2, -0.15) is 0 Å². The van der Waals surface area contributed by atoms with Crippen molar-refractivity contribution in [1.29, 1.82) is 0 Å². The van der Waals surface area contributed by atoms with Crippen LogP contribution in [-0.2, 0) is 4.74 Å². The summed E-state index contributed by atoms with van der Waals surface area (Å²) >= 11 is 0. The molecule has 0 saturated heterocycles. The van der Waals surface area contributed by atoms with Crippen LogP contribution in [0.2, 0.25) is 0 Å². The van der Waals surface area contributed by atoms with E-state index in [1.807, 2.05) is 27.7 Å². The van der Waals surface area contributed by atoms with E-state index < -0.39 is 11.7 Å². The van der Waals surface area contributed by atoms with Gasteiger partial charge in [-0.3, -0.25) is 0 Å². The van der Waals surface area contributed by atoms with Crippen molar-refractivity contribution in [3.05, 3.63) is 12.7 Å². The molecule has 1 atom stereocenters. The van der Waals surface area contributed by atoms with Crippen molar-refractivity contribution in [2.45, 2.75) is 45.8 Å². The average molecular weight is 242 g/mol. The van der Waals surface area contributed by atoms with Crippen LogP contribution in [-0.4, -0.2) is 40.6 Å². The molecule has 5 nitrogen and oxygen atoms in total. The van der Waals surface area contributed by atoms with Gasteiger partial charge in [0.05, 0.1) is 0 Å². The topological polar surface area (TPSA) is 62.1 Å². The molecule has 17 heavy (non-hydrogen) atoms. The van der Waals surface area contributed by atoms with Crippen LogP contribution in [0.3, 0.4) is 0 Å². The molecule has 0 heterocycles. The van der Waals surface area contributed by atoms with E-state index in [9.17, 15) is 4.79 Å². The summed E-state index contributed by atoms with van der Waals surface area (Å²) in [5.41, 5.74) is -0.526. The van der Waals surface area contributed by atoms with Crippen molar-refractivity contribution in [3.8, 4) is 0 Å². The van der Waals surface area contributed by atoms with Gasteiger partial charge in [0.2, 0.25) is 0 Å². The van der Waals surface area contributed by atoms with Crippen LogP contribution >= 0.6 is 0 Å². The molecule has 0 aliphatic rings. The van der Waals surface area contributed by atoms with Crippen LogP contribution in [0.1, 0.15) is 34.1 Å². The SMILES string of the molecule is C=CCN(C(=O)OC(C)(C)C)C(C)C/C=N\O. The highest BCUT2D eigenvalue weighted by Gasteiger charge is 2.24. The van der Waals surface area contributed by atoms with Gasteiger partial charge >= 0.3 is 6.09 Å². The molecule has 0 aromatic carbocycles. The second-order valence-electron chi connectivity index (χ2n) is 4.80. The number of ether oxygens (including phenoxy) is 1. The zero-order valence-corrected chi connectivity index (χ0v) is 11.0. The average Bonchev–Trinajstić information content (AvgIpc) is 2.19. The van der Waals surface area contributed by atoms with Crippen LogP contribution in [0.5, 0.6) is 0 Å². The van der Waals surface area contributed by atoms with E-state index in [0.29, 0.717) is 13.0 Å². The molecule has 1 unspecified atom stereocenters. The van der Waals surface area contributed by atoms with Gasteiger partial charge in [-0.15, -0.1) is 11.7 Å². The molecule has 5 heteroatoms. The van der Waals surface area contributed by atoms with Gasteiger partial charge in [0.25, 0.3) is 0 Å². The van der Waals surface area contributed by atoms with E-state index in [-0.39, 0.29) is 6.04 Å². The van der Waals surface area contributed by atoms with E-state index in [1.165, 1.54) is 6.21 Å². The normalized spacial score (nSPS) is 13.4. The molecule has 0 aliphatic carbocycles. The first kappa shape index (κ1) is 15.5. The van der Waals surface area contributed by atoms with Gasteiger partial charge < -0.3 is 14.8 Å². The summed E-state index contributed by atoms with van der Waals surface area (Å²) < 4.78 is 5.29. The predicted octanol–water partition coefficient (Wildman–Crippen LogP) is 2.65. The molecule has 0 aliphatic heterocycles. The summed E-state index contributed by atoms with van der Waals surface area (Å²) in [4.78, 5) is 13.4. The molecule has 0 fully saturated rings. The Morgan fingerprint density at radius 3 is 2.59 bits per heavy atom. The minimum atomic E-state index is -0.526. The molecule has 0 bridgehead atoms. The first-order valence-electron chi connectivity index (χ1n) is 5.58. The van der Waals surface area contributed by atoms with Gasteiger partial charge in [-0.05, 0) is 27.7 Å². The Kier molecular flexibility index (Phi) is 6.31. The Bertz CT molecular complexity index is 282. The highest BCUT2D eigenvalue weighted by molar-refractivity contribution is 5.69. The zero-order valence-electron chi connectivity index (χ0n) is 11.0. The standard InChI is InChI=1S/C12H22N2O3/c1-6-9-14(10(2)7-8-13-16)11(15)17-12(3,4)5/h6,8,10,16H,1,7,9H2,2-5H3/b13-8-. The lowest BCUT2D eigenvalue weighted by Crippen LogP contribution is -2.42. The van der Waals surface area contributed by atoms with E-state index in [4.69, 9.17) is 9.94 Å². The molecule has 0 saturated carbocycles. The third-order valence-corrected chi connectivity index (χ3v) is 2.01.